The molecule has 0 unspecified atom stereocenters. The number of hydrogen-bond donors (Lipinski definition) is 1. The van der Waals surface area contributed by atoms with Crippen LogP contribution in [-0.2, 0) is 11.8 Å². The van der Waals surface area contributed by atoms with Crippen LogP contribution >= 0.6 is 11.3 Å². The first-order chi connectivity index (χ1) is 12.1. The number of aromatic nitrogens is 3. The number of aryl methyl sites for hydroxylation is 2. The highest BCUT2D eigenvalue weighted by molar-refractivity contribution is 7.09. The van der Waals surface area contributed by atoms with Gasteiger partial charge >= 0.3 is 0 Å². The van der Waals surface area contributed by atoms with Gasteiger partial charge in [-0.1, -0.05) is 0 Å². The highest BCUT2D eigenvalue weighted by Gasteiger charge is 2.13. The van der Waals surface area contributed by atoms with Crippen molar-refractivity contribution in [2.24, 2.45) is 7.05 Å². The quantitative estimate of drug-likeness (QED) is 0.812. The zero-order valence-corrected chi connectivity index (χ0v) is 15.2. The lowest BCUT2D eigenvalue weighted by Gasteiger charge is -2.26. The number of rotatable bonds is 4. The zero-order valence-electron chi connectivity index (χ0n) is 14.4. The van der Waals surface area contributed by atoms with Gasteiger partial charge in [-0.3, -0.25) is 14.4 Å². The van der Waals surface area contributed by atoms with E-state index in [2.05, 4.69) is 32.1 Å². The molecule has 2 aromatic rings. The summed E-state index contributed by atoms with van der Waals surface area (Å²) >= 11 is 1.56. The summed E-state index contributed by atoms with van der Waals surface area (Å²) in [6, 6.07) is 1.70. The van der Waals surface area contributed by atoms with Crippen LogP contribution in [0, 0.1) is 18.8 Å². The molecule has 2 aromatic heterocycles. The van der Waals surface area contributed by atoms with E-state index >= 15 is 0 Å². The van der Waals surface area contributed by atoms with Crippen LogP contribution in [0.5, 0.6) is 0 Å². The first-order valence-corrected chi connectivity index (χ1v) is 9.06. The van der Waals surface area contributed by atoms with Gasteiger partial charge in [-0.15, -0.1) is 11.3 Å². The first kappa shape index (κ1) is 17.6. The zero-order chi connectivity index (χ0) is 17.6. The van der Waals surface area contributed by atoms with E-state index in [9.17, 15) is 4.79 Å². The van der Waals surface area contributed by atoms with Gasteiger partial charge in [0.1, 0.15) is 11.4 Å². The number of hydrogen-bond acceptors (Lipinski definition) is 6. The Morgan fingerprint density at radius 1 is 1.40 bits per heavy atom. The van der Waals surface area contributed by atoms with Gasteiger partial charge in [-0.25, -0.2) is 4.98 Å². The molecule has 3 heterocycles. The van der Waals surface area contributed by atoms with Gasteiger partial charge in [-0.05, 0) is 18.8 Å². The number of carbonyl (C=O) groups excluding carboxylic acids is 1. The summed E-state index contributed by atoms with van der Waals surface area (Å²) in [6.07, 6.45) is 0. The summed E-state index contributed by atoms with van der Waals surface area (Å²) in [5.41, 5.74) is 1.80. The summed E-state index contributed by atoms with van der Waals surface area (Å²) in [6.45, 7) is 6.69. The molecule has 1 amide bonds. The van der Waals surface area contributed by atoms with Gasteiger partial charge in [0.15, 0.2) is 5.69 Å². The molecule has 0 saturated carbocycles. The van der Waals surface area contributed by atoms with Crippen LogP contribution < -0.4 is 5.32 Å². The number of thiazole rings is 1. The monoisotopic (exact) mass is 359 g/mol. The first-order valence-electron chi connectivity index (χ1n) is 8.18. The fourth-order valence-corrected chi connectivity index (χ4v) is 3.03. The third-order valence-corrected chi connectivity index (χ3v) is 4.64. The smallest absolute Gasteiger partial charge is 0.271 e. The minimum atomic E-state index is -0.179. The molecule has 1 N–H and O–H groups in total. The molecule has 1 saturated heterocycles. The molecule has 1 fully saturated rings. The van der Waals surface area contributed by atoms with Crippen LogP contribution in [0.15, 0.2) is 11.4 Å². The second-order valence-electron chi connectivity index (χ2n) is 5.75. The van der Waals surface area contributed by atoms with Gasteiger partial charge in [0.25, 0.3) is 5.91 Å². The Balaban J connectivity index is 1.55. The molecule has 8 heteroatoms. The van der Waals surface area contributed by atoms with Crippen molar-refractivity contribution >= 4 is 17.2 Å². The van der Waals surface area contributed by atoms with Gasteiger partial charge in [0.05, 0.1) is 18.2 Å². The van der Waals surface area contributed by atoms with Crippen LogP contribution in [0.3, 0.4) is 0 Å². The van der Waals surface area contributed by atoms with Crippen LogP contribution in [0.2, 0.25) is 0 Å². The van der Waals surface area contributed by atoms with Gasteiger partial charge in [0.2, 0.25) is 0 Å². The predicted molar refractivity (Wildman–Crippen MR) is 95.6 cm³/mol. The van der Waals surface area contributed by atoms with Crippen molar-refractivity contribution in [1.82, 2.24) is 25.0 Å². The fraction of sp³-hybridized carbons (Fsp3) is 0.471. The minimum absolute atomic E-state index is 0.179. The third kappa shape index (κ3) is 4.89. The second kappa shape index (κ2) is 8.25. The summed E-state index contributed by atoms with van der Waals surface area (Å²) < 4.78 is 6.92. The van der Waals surface area contributed by atoms with E-state index in [1.54, 1.807) is 29.1 Å². The molecule has 1 aliphatic heterocycles. The van der Waals surface area contributed by atoms with Crippen molar-refractivity contribution in [2.75, 3.05) is 39.4 Å². The van der Waals surface area contributed by atoms with Gasteiger partial charge in [-0.2, -0.15) is 5.10 Å². The van der Waals surface area contributed by atoms with Gasteiger partial charge < -0.3 is 10.1 Å². The normalized spacial score (nSPS) is 14.8. The number of morpholine rings is 1. The van der Waals surface area contributed by atoms with E-state index in [1.165, 1.54) is 0 Å². The van der Waals surface area contributed by atoms with Crippen molar-refractivity contribution < 1.29 is 9.53 Å². The van der Waals surface area contributed by atoms with Crippen molar-refractivity contribution in [3.63, 3.8) is 0 Å². The Kier molecular flexibility index (Phi) is 5.81. The number of nitrogens with zero attached hydrogens (tertiary/aromatic N) is 4. The molecule has 0 spiro atoms. The largest absolute Gasteiger partial charge is 0.379 e. The maximum Gasteiger partial charge on any atom is 0.271 e. The maximum atomic E-state index is 12.2. The summed E-state index contributed by atoms with van der Waals surface area (Å²) in [5, 5.41) is 10.0. The predicted octanol–water partition coefficient (Wildman–Crippen LogP) is 0.647. The fourth-order valence-electron chi connectivity index (χ4n) is 2.49. The lowest BCUT2D eigenvalue weighted by Crippen LogP contribution is -2.41. The molecule has 3 rings (SSSR count). The Labute approximate surface area is 151 Å². The van der Waals surface area contributed by atoms with Crippen molar-refractivity contribution in [1.29, 1.82) is 0 Å². The standard InChI is InChI=1S/C17H21N5O2S/c1-13-19-14(12-25-13)3-4-15-11-16(20-21(15)2)17(23)18-5-6-22-7-9-24-10-8-22/h11-12H,5-10H2,1-2H3,(H,18,23). The Morgan fingerprint density at radius 3 is 2.92 bits per heavy atom. The number of amides is 1. The van der Waals surface area contributed by atoms with Crippen LogP contribution in [0.4, 0.5) is 0 Å². The number of nitrogens with one attached hydrogen (secondary N) is 1. The lowest BCUT2D eigenvalue weighted by atomic mass is 10.3. The average Bonchev–Trinajstić information content (AvgIpc) is 3.19. The molecule has 25 heavy (non-hydrogen) atoms. The van der Waals surface area contributed by atoms with E-state index in [-0.39, 0.29) is 5.91 Å². The van der Waals surface area contributed by atoms with E-state index in [1.807, 2.05) is 12.3 Å². The van der Waals surface area contributed by atoms with E-state index in [0.29, 0.717) is 17.9 Å². The molecule has 132 valence electrons. The third-order valence-electron chi connectivity index (χ3n) is 3.87. The SMILES string of the molecule is Cc1nc(C#Cc2cc(C(=O)NCCN3CCOCC3)nn2C)cs1. The molecule has 0 aromatic carbocycles. The molecule has 0 bridgehead atoms. The van der Waals surface area contributed by atoms with Crippen LogP contribution in [-0.4, -0.2) is 65.0 Å². The van der Waals surface area contributed by atoms with Crippen molar-refractivity contribution in [3.8, 4) is 11.8 Å². The highest BCUT2D eigenvalue weighted by Crippen LogP contribution is 2.07. The topological polar surface area (TPSA) is 72.3 Å². The molecular formula is C17H21N5O2S. The number of carbonyl (C=O) groups is 1. The average molecular weight is 359 g/mol. The lowest BCUT2D eigenvalue weighted by molar-refractivity contribution is 0.0383. The molecule has 7 nitrogen and oxygen atoms in total. The van der Waals surface area contributed by atoms with E-state index in [0.717, 1.165) is 43.5 Å². The highest BCUT2D eigenvalue weighted by atomic mass is 32.1. The molecular weight excluding hydrogens is 338 g/mol. The summed E-state index contributed by atoms with van der Waals surface area (Å²) in [5.74, 6) is 5.84. The van der Waals surface area contributed by atoms with Gasteiger partial charge in [0, 0.05) is 44.7 Å². The van der Waals surface area contributed by atoms with Crippen LogP contribution in [0.25, 0.3) is 0 Å². The summed E-state index contributed by atoms with van der Waals surface area (Å²) in [4.78, 5) is 18.8. The van der Waals surface area contributed by atoms with Crippen LogP contribution in [0.1, 0.15) is 26.9 Å². The minimum Gasteiger partial charge on any atom is -0.379 e. The van der Waals surface area contributed by atoms with Crippen molar-refractivity contribution in [3.05, 3.63) is 33.5 Å². The Bertz CT molecular complexity index is 796. The molecule has 0 aliphatic carbocycles. The summed E-state index contributed by atoms with van der Waals surface area (Å²) in [7, 11) is 1.78. The molecule has 0 atom stereocenters. The maximum absolute atomic E-state index is 12.2. The molecule has 0 radical (unpaired) electrons. The van der Waals surface area contributed by atoms with E-state index in [4.69, 9.17) is 4.74 Å². The second-order valence-corrected chi connectivity index (χ2v) is 6.81. The van der Waals surface area contributed by atoms with Crippen molar-refractivity contribution in [2.45, 2.75) is 6.92 Å². The molecule has 1 aliphatic rings. The Hall–Kier alpha value is -2.21. The Morgan fingerprint density at radius 2 is 2.20 bits per heavy atom. The van der Waals surface area contributed by atoms with E-state index < -0.39 is 0 Å². The number of ether oxygens (including phenoxy) is 1.